The van der Waals surface area contributed by atoms with Gasteiger partial charge in [-0.05, 0) is 23.9 Å². The van der Waals surface area contributed by atoms with E-state index in [0.29, 0.717) is 22.6 Å². The molecular formula is C8H13N3OS2. The molecule has 2 heterocycles. The van der Waals surface area contributed by atoms with E-state index in [1.165, 1.54) is 0 Å². The molecule has 14 heavy (non-hydrogen) atoms. The molecule has 1 aliphatic heterocycles. The summed E-state index contributed by atoms with van der Waals surface area (Å²) in [7, 11) is 0. The summed E-state index contributed by atoms with van der Waals surface area (Å²) in [5, 5.41) is 15.9. The standard InChI is InChI=1S/C8H13N3OS2/c1-5-3-14-4-6(5)11-7(2-12)9-10-8(11)13/h5-6,12H,2-4H2,1H3,(H,10,13). The topological polar surface area (TPSA) is 53.8 Å². The number of hydrogen-bond donors (Lipinski definition) is 2. The lowest BCUT2D eigenvalue weighted by atomic mass is 10.1. The number of rotatable bonds is 2. The van der Waals surface area contributed by atoms with Gasteiger partial charge in [-0.1, -0.05) is 6.92 Å². The second-order valence-corrected chi connectivity index (χ2v) is 5.02. The molecule has 1 saturated heterocycles. The smallest absolute Gasteiger partial charge is 0.195 e. The van der Waals surface area contributed by atoms with Gasteiger partial charge in [0.25, 0.3) is 0 Å². The predicted octanol–water partition coefficient (Wildman–Crippen LogP) is 1.36. The Morgan fingerprint density at radius 3 is 3.07 bits per heavy atom. The minimum absolute atomic E-state index is 0.0545. The van der Waals surface area contributed by atoms with E-state index in [9.17, 15) is 0 Å². The third kappa shape index (κ3) is 1.62. The van der Waals surface area contributed by atoms with Gasteiger partial charge in [-0.3, -0.25) is 9.67 Å². The van der Waals surface area contributed by atoms with E-state index >= 15 is 0 Å². The van der Waals surface area contributed by atoms with Gasteiger partial charge in [0.1, 0.15) is 6.61 Å². The largest absolute Gasteiger partial charge is 0.388 e. The highest BCUT2D eigenvalue weighted by Gasteiger charge is 2.27. The first-order chi connectivity index (χ1) is 6.74. The van der Waals surface area contributed by atoms with Crippen LogP contribution in [0.15, 0.2) is 0 Å². The molecule has 2 rings (SSSR count). The summed E-state index contributed by atoms with van der Waals surface area (Å²) in [5.74, 6) is 3.45. The molecular weight excluding hydrogens is 218 g/mol. The second-order valence-electron chi connectivity index (χ2n) is 3.56. The summed E-state index contributed by atoms with van der Waals surface area (Å²) in [4.78, 5) is 0. The Morgan fingerprint density at radius 1 is 1.71 bits per heavy atom. The predicted molar refractivity (Wildman–Crippen MR) is 58.9 cm³/mol. The van der Waals surface area contributed by atoms with Gasteiger partial charge in [-0.25, -0.2) is 0 Å². The molecule has 2 unspecified atom stereocenters. The van der Waals surface area contributed by atoms with Crippen LogP contribution in [-0.4, -0.2) is 31.4 Å². The van der Waals surface area contributed by atoms with E-state index in [4.69, 9.17) is 17.3 Å². The van der Waals surface area contributed by atoms with E-state index in [1.54, 1.807) is 0 Å². The molecule has 1 fully saturated rings. The molecule has 0 saturated carbocycles. The van der Waals surface area contributed by atoms with E-state index in [1.807, 2.05) is 16.3 Å². The first kappa shape index (κ1) is 10.2. The van der Waals surface area contributed by atoms with Gasteiger partial charge in [-0.2, -0.15) is 16.9 Å². The second kappa shape index (κ2) is 4.04. The zero-order chi connectivity index (χ0) is 10.1. The van der Waals surface area contributed by atoms with Crippen LogP contribution in [0.25, 0.3) is 0 Å². The van der Waals surface area contributed by atoms with Crippen molar-refractivity contribution in [2.24, 2.45) is 5.92 Å². The highest BCUT2D eigenvalue weighted by Crippen LogP contribution is 2.33. The van der Waals surface area contributed by atoms with Crippen molar-refractivity contribution >= 4 is 24.0 Å². The van der Waals surface area contributed by atoms with Crippen LogP contribution in [0.2, 0.25) is 0 Å². The molecule has 1 aromatic rings. The zero-order valence-electron chi connectivity index (χ0n) is 7.93. The number of H-pyrrole nitrogens is 1. The molecule has 0 amide bonds. The molecule has 0 radical (unpaired) electrons. The maximum absolute atomic E-state index is 9.12. The number of thioether (sulfide) groups is 1. The number of aromatic amines is 1. The first-order valence-electron chi connectivity index (χ1n) is 4.58. The van der Waals surface area contributed by atoms with E-state index < -0.39 is 0 Å². The molecule has 2 N–H and O–H groups in total. The first-order valence-corrected chi connectivity index (χ1v) is 6.14. The molecule has 0 aliphatic carbocycles. The van der Waals surface area contributed by atoms with E-state index in [-0.39, 0.29) is 6.61 Å². The van der Waals surface area contributed by atoms with Gasteiger partial charge in [-0.15, -0.1) is 0 Å². The molecule has 0 spiro atoms. The fourth-order valence-corrected chi connectivity index (χ4v) is 3.51. The van der Waals surface area contributed by atoms with Crippen LogP contribution < -0.4 is 0 Å². The average molecular weight is 231 g/mol. The van der Waals surface area contributed by atoms with Crippen LogP contribution in [0.5, 0.6) is 0 Å². The SMILES string of the molecule is CC1CSCC1n1c(CO)n[nH]c1=S. The quantitative estimate of drug-likeness (QED) is 0.755. The lowest BCUT2D eigenvalue weighted by Crippen LogP contribution is -2.18. The highest BCUT2D eigenvalue weighted by molar-refractivity contribution is 7.99. The van der Waals surface area contributed by atoms with Gasteiger partial charge in [0.05, 0.1) is 6.04 Å². The minimum atomic E-state index is -0.0545. The molecule has 1 aromatic heterocycles. The van der Waals surface area contributed by atoms with Gasteiger partial charge < -0.3 is 5.11 Å². The number of nitrogens with zero attached hydrogens (tertiary/aromatic N) is 2. The number of aliphatic hydroxyl groups excluding tert-OH is 1. The summed E-state index contributed by atoms with van der Waals surface area (Å²) in [6, 6.07) is 0.383. The lowest BCUT2D eigenvalue weighted by Gasteiger charge is -2.17. The molecule has 1 aliphatic rings. The summed E-state index contributed by atoms with van der Waals surface area (Å²) >= 11 is 7.08. The van der Waals surface area contributed by atoms with Crippen molar-refractivity contribution in [3.63, 3.8) is 0 Å². The van der Waals surface area contributed by atoms with Crippen molar-refractivity contribution < 1.29 is 5.11 Å². The summed E-state index contributed by atoms with van der Waals surface area (Å²) in [5.41, 5.74) is 0. The van der Waals surface area contributed by atoms with Crippen LogP contribution in [0.1, 0.15) is 18.8 Å². The van der Waals surface area contributed by atoms with Gasteiger partial charge in [0, 0.05) is 5.75 Å². The number of aromatic nitrogens is 3. The summed E-state index contributed by atoms with van der Waals surface area (Å²) in [6.45, 7) is 2.15. The third-order valence-corrected chi connectivity index (χ3v) is 4.20. The Hall–Kier alpha value is -0.330. The third-order valence-electron chi connectivity index (χ3n) is 2.58. The molecule has 6 heteroatoms. The van der Waals surface area contributed by atoms with Gasteiger partial charge in [0.2, 0.25) is 0 Å². The van der Waals surface area contributed by atoms with Gasteiger partial charge >= 0.3 is 0 Å². The summed E-state index contributed by atoms with van der Waals surface area (Å²) in [6.07, 6.45) is 0. The summed E-state index contributed by atoms with van der Waals surface area (Å²) < 4.78 is 2.58. The normalized spacial score (nSPS) is 27.0. The maximum atomic E-state index is 9.12. The maximum Gasteiger partial charge on any atom is 0.195 e. The highest BCUT2D eigenvalue weighted by atomic mass is 32.2. The van der Waals surface area contributed by atoms with Crippen LogP contribution in [0.4, 0.5) is 0 Å². The van der Waals surface area contributed by atoms with Crippen molar-refractivity contribution in [1.29, 1.82) is 0 Å². The van der Waals surface area contributed by atoms with Crippen LogP contribution >= 0.6 is 24.0 Å². The van der Waals surface area contributed by atoms with Crippen molar-refractivity contribution in [2.45, 2.75) is 19.6 Å². The molecule has 0 aromatic carbocycles. The molecule has 0 bridgehead atoms. The molecule has 78 valence electrons. The Balaban J connectivity index is 2.38. The Kier molecular flexibility index (Phi) is 2.94. The Bertz CT molecular complexity index is 373. The lowest BCUT2D eigenvalue weighted by molar-refractivity contribution is 0.257. The van der Waals surface area contributed by atoms with E-state index in [0.717, 1.165) is 11.5 Å². The monoisotopic (exact) mass is 231 g/mol. The van der Waals surface area contributed by atoms with Crippen molar-refractivity contribution in [3.05, 3.63) is 10.6 Å². The average Bonchev–Trinajstić information content (AvgIpc) is 2.72. The van der Waals surface area contributed by atoms with Crippen molar-refractivity contribution in [2.75, 3.05) is 11.5 Å². The van der Waals surface area contributed by atoms with Crippen molar-refractivity contribution in [3.8, 4) is 0 Å². The number of hydrogen-bond acceptors (Lipinski definition) is 4. The molecule has 2 atom stereocenters. The fourth-order valence-electron chi connectivity index (χ4n) is 1.77. The minimum Gasteiger partial charge on any atom is -0.388 e. The fraction of sp³-hybridized carbons (Fsp3) is 0.750. The number of aliphatic hydroxyl groups is 1. The number of nitrogens with one attached hydrogen (secondary N) is 1. The van der Waals surface area contributed by atoms with Crippen LogP contribution in [0, 0.1) is 10.7 Å². The van der Waals surface area contributed by atoms with Crippen LogP contribution in [-0.2, 0) is 6.61 Å². The Morgan fingerprint density at radius 2 is 2.50 bits per heavy atom. The zero-order valence-corrected chi connectivity index (χ0v) is 9.57. The Labute approximate surface area is 91.7 Å². The van der Waals surface area contributed by atoms with Crippen molar-refractivity contribution in [1.82, 2.24) is 14.8 Å². The van der Waals surface area contributed by atoms with Gasteiger partial charge in [0.15, 0.2) is 10.6 Å². The van der Waals surface area contributed by atoms with Crippen LogP contribution in [0.3, 0.4) is 0 Å². The molecule has 4 nitrogen and oxygen atoms in total. The van der Waals surface area contributed by atoms with E-state index in [2.05, 4.69) is 17.1 Å².